The maximum Gasteiger partial charge on any atom is 0.306 e. The van der Waals surface area contributed by atoms with Crippen LogP contribution in [-0.2, 0) is 9.53 Å². The largest absolute Gasteiger partial charge is 0.462 e. The first-order valence-corrected chi connectivity index (χ1v) is 19.6. The van der Waals surface area contributed by atoms with Crippen molar-refractivity contribution in [2.45, 2.75) is 176 Å². The lowest BCUT2D eigenvalue weighted by Crippen LogP contribution is -2.50. The summed E-state index contributed by atoms with van der Waals surface area (Å²) in [5, 5.41) is 0. The Bertz CT molecular complexity index is 908. The fourth-order valence-electron chi connectivity index (χ4n) is 10.8. The van der Waals surface area contributed by atoms with E-state index in [4.69, 9.17) is 4.74 Å². The second-order valence-corrected chi connectivity index (χ2v) is 17.3. The Morgan fingerprint density at radius 2 is 1.66 bits per heavy atom. The van der Waals surface area contributed by atoms with Gasteiger partial charge < -0.3 is 9.64 Å². The Labute approximate surface area is 274 Å². The summed E-state index contributed by atoms with van der Waals surface area (Å²) in [6.07, 6.45) is 30.5. The lowest BCUT2D eigenvalue weighted by Gasteiger charge is -2.58. The SMILES string of the molecule is CCC(CCCCCCC1CCC2(C)C(=CCC3C2CCC2(C)C(CCCCC(C)C)CCC32)C1)OC(=O)CCCN(C)C. The molecule has 8 unspecified atom stereocenters. The maximum absolute atomic E-state index is 12.2. The summed E-state index contributed by atoms with van der Waals surface area (Å²) in [6.45, 7) is 13.3. The molecule has 3 heteroatoms. The van der Waals surface area contributed by atoms with Gasteiger partial charge in [-0.2, -0.15) is 0 Å². The Balaban J connectivity index is 1.16. The van der Waals surface area contributed by atoms with Crippen LogP contribution in [0.15, 0.2) is 11.6 Å². The summed E-state index contributed by atoms with van der Waals surface area (Å²) >= 11 is 0. The molecule has 0 aliphatic heterocycles. The molecule has 3 saturated carbocycles. The predicted molar refractivity (Wildman–Crippen MR) is 188 cm³/mol. The third kappa shape index (κ3) is 9.16. The second kappa shape index (κ2) is 16.8. The lowest BCUT2D eigenvalue weighted by atomic mass is 9.46. The van der Waals surface area contributed by atoms with Crippen LogP contribution in [0.1, 0.15) is 169 Å². The van der Waals surface area contributed by atoms with Crippen molar-refractivity contribution in [2.75, 3.05) is 20.6 Å². The van der Waals surface area contributed by atoms with Crippen molar-refractivity contribution in [3.05, 3.63) is 11.6 Å². The van der Waals surface area contributed by atoms with Gasteiger partial charge in [-0.05, 0) is 150 Å². The predicted octanol–water partition coefficient (Wildman–Crippen LogP) is 11.4. The van der Waals surface area contributed by atoms with Crippen molar-refractivity contribution in [1.29, 1.82) is 0 Å². The van der Waals surface area contributed by atoms with E-state index in [-0.39, 0.29) is 12.1 Å². The average molecular weight is 612 g/mol. The van der Waals surface area contributed by atoms with E-state index in [1.165, 1.54) is 109 Å². The molecule has 4 aliphatic rings. The fourth-order valence-corrected chi connectivity index (χ4v) is 10.8. The first-order chi connectivity index (χ1) is 21.1. The molecule has 0 aromatic rings. The van der Waals surface area contributed by atoms with Crippen LogP contribution in [-0.4, -0.2) is 37.6 Å². The van der Waals surface area contributed by atoms with E-state index < -0.39 is 0 Å². The molecule has 4 rings (SSSR count). The van der Waals surface area contributed by atoms with E-state index in [0.29, 0.717) is 17.3 Å². The van der Waals surface area contributed by atoms with Gasteiger partial charge >= 0.3 is 5.97 Å². The van der Waals surface area contributed by atoms with Gasteiger partial charge in [0.1, 0.15) is 6.10 Å². The van der Waals surface area contributed by atoms with Gasteiger partial charge in [0, 0.05) is 6.42 Å². The van der Waals surface area contributed by atoms with Gasteiger partial charge in [-0.3, -0.25) is 4.79 Å². The van der Waals surface area contributed by atoms with Crippen molar-refractivity contribution >= 4 is 5.97 Å². The Hall–Kier alpha value is -0.830. The molecule has 8 atom stereocenters. The Morgan fingerprint density at radius 1 is 0.909 bits per heavy atom. The number of esters is 1. The molecule has 0 radical (unpaired) electrons. The molecule has 0 bridgehead atoms. The van der Waals surface area contributed by atoms with Crippen molar-refractivity contribution < 1.29 is 9.53 Å². The molecule has 0 aromatic carbocycles. The molecule has 3 fully saturated rings. The van der Waals surface area contributed by atoms with Gasteiger partial charge in [-0.15, -0.1) is 0 Å². The molecular formula is C41H73NO2. The minimum Gasteiger partial charge on any atom is -0.462 e. The van der Waals surface area contributed by atoms with Crippen LogP contribution in [0.5, 0.6) is 0 Å². The van der Waals surface area contributed by atoms with Crippen LogP contribution in [0.2, 0.25) is 0 Å². The van der Waals surface area contributed by atoms with E-state index in [1.54, 1.807) is 0 Å². The molecule has 254 valence electrons. The quantitative estimate of drug-likeness (QED) is 0.0877. The van der Waals surface area contributed by atoms with Crippen LogP contribution in [0.25, 0.3) is 0 Å². The number of fused-ring (bicyclic) bond motifs is 5. The van der Waals surface area contributed by atoms with Gasteiger partial charge in [-0.25, -0.2) is 0 Å². The molecule has 0 N–H and O–H groups in total. The van der Waals surface area contributed by atoms with E-state index in [9.17, 15) is 4.79 Å². The third-order valence-electron chi connectivity index (χ3n) is 13.6. The summed E-state index contributed by atoms with van der Waals surface area (Å²) in [5.74, 6) is 5.67. The van der Waals surface area contributed by atoms with Crippen molar-refractivity contribution in [1.82, 2.24) is 4.90 Å². The normalized spacial score (nSPS) is 33.9. The standard InChI is InChI=1S/C41H73NO2/c1-8-35(44-39(43)20-15-29-42(6)7)19-12-10-9-11-17-32-25-27-41(5)34(30-32)21-23-36-37-24-22-33(18-14-13-16-31(2)3)40(37,4)28-26-38(36)41/h21,31-33,35-38H,8-20,22-30H2,1-7H3. The van der Waals surface area contributed by atoms with E-state index in [0.717, 1.165) is 61.3 Å². The molecule has 0 saturated heterocycles. The minimum atomic E-state index is -0.00598. The minimum absolute atomic E-state index is 0.00598. The van der Waals surface area contributed by atoms with Crippen LogP contribution in [0.4, 0.5) is 0 Å². The number of hydrogen-bond donors (Lipinski definition) is 0. The van der Waals surface area contributed by atoms with Crippen molar-refractivity contribution in [3.8, 4) is 0 Å². The van der Waals surface area contributed by atoms with E-state index >= 15 is 0 Å². The fraction of sp³-hybridized carbons (Fsp3) is 0.927. The summed E-state index contributed by atoms with van der Waals surface area (Å²) < 4.78 is 5.78. The first kappa shape index (κ1) is 36.0. The molecule has 0 spiro atoms. The van der Waals surface area contributed by atoms with E-state index in [1.807, 2.05) is 5.57 Å². The zero-order chi connectivity index (χ0) is 31.7. The Morgan fingerprint density at radius 3 is 2.41 bits per heavy atom. The molecule has 0 heterocycles. The smallest absolute Gasteiger partial charge is 0.306 e. The lowest BCUT2D eigenvalue weighted by molar-refractivity contribution is -0.149. The highest BCUT2D eigenvalue weighted by atomic mass is 16.5. The van der Waals surface area contributed by atoms with Crippen molar-refractivity contribution in [3.63, 3.8) is 0 Å². The first-order valence-electron chi connectivity index (χ1n) is 19.6. The van der Waals surface area contributed by atoms with E-state index in [2.05, 4.69) is 59.7 Å². The highest BCUT2D eigenvalue weighted by molar-refractivity contribution is 5.69. The van der Waals surface area contributed by atoms with Crippen LogP contribution < -0.4 is 0 Å². The number of rotatable bonds is 18. The Kier molecular flexibility index (Phi) is 13.8. The van der Waals surface area contributed by atoms with Crippen LogP contribution in [0, 0.1) is 46.3 Å². The van der Waals surface area contributed by atoms with Gasteiger partial charge in [0.2, 0.25) is 0 Å². The van der Waals surface area contributed by atoms with Gasteiger partial charge in [0.25, 0.3) is 0 Å². The summed E-state index contributed by atoms with van der Waals surface area (Å²) in [5.41, 5.74) is 3.00. The zero-order valence-electron chi connectivity index (χ0n) is 30.4. The summed E-state index contributed by atoms with van der Waals surface area (Å²) in [7, 11) is 4.11. The summed E-state index contributed by atoms with van der Waals surface area (Å²) in [6, 6.07) is 0. The van der Waals surface area contributed by atoms with Gasteiger partial charge in [0.05, 0.1) is 0 Å². The topological polar surface area (TPSA) is 29.5 Å². The molecule has 3 nitrogen and oxygen atoms in total. The number of hydrogen-bond acceptors (Lipinski definition) is 3. The van der Waals surface area contributed by atoms with Crippen LogP contribution in [0.3, 0.4) is 0 Å². The third-order valence-corrected chi connectivity index (χ3v) is 13.6. The molecule has 4 aliphatic carbocycles. The molecule has 0 aromatic heterocycles. The number of unbranched alkanes of at least 4 members (excludes halogenated alkanes) is 4. The van der Waals surface area contributed by atoms with Gasteiger partial charge in [-0.1, -0.05) is 91.2 Å². The molecular weight excluding hydrogens is 538 g/mol. The average Bonchev–Trinajstić information content (AvgIpc) is 3.32. The monoisotopic (exact) mass is 612 g/mol. The number of carbonyl (C=O) groups is 1. The van der Waals surface area contributed by atoms with Crippen LogP contribution >= 0.6 is 0 Å². The summed E-state index contributed by atoms with van der Waals surface area (Å²) in [4.78, 5) is 14.3. The number of nitrogens with zero attached hydrogens (tertiary/aromatic N) is 1. The molecule has 44 heavy (non-hydrogen) atoms. The highest BCUT2D eigenvalue weighted by Crippen LogP contribution is 2.67. The number of carbonyl (C=O) groups excluding carboxylic acids is 1. The second-order valence-electron chi connectivity index (χ2n) is 17.3. The number of ether oxygens (including phenoxy) is 1. The molecule has 0 amide bonds. The maximum atomic E-state index is 12.2. The van der Waals surface area contributed by atoms with Gasteiger partial charge in [0.15, 0.2) is 0 Å². The van der Waals surface area contributed by atoms with Crippen molar-refractivity contribution in [2.24, 2.45) is 46.3 Å². The number of allylic oxidation sites excluding steroid dienone is 2. The zero-order valence-corrected chi connectivity index (χ0v) is 30.4. The highest BCUT2D eigenvalue weighted by Gasteiger charge is 2.58.